The van der Waals surface area contributed by atoms with E-state index in [0.717, 1.165) is 0 Å². The van der Waals surface area contributed by atoms with Gasteiger partial charge in [0.15, 0.2) is 0 Å². The van der Waals surface area contributed by atoms with Gasteiger partial charge in [-0.25, -0.2) is 4.79 Å². The molecule has 2 aromatic heterocycles. The van der Waals surface area contributed by atoms with Gasteiger partial charge in [0.2, 0.25) is 0 Å². The zero-order valence-electron chi connectivity index (χ0n) is 12.3. The molecule has 2 aromatic rings. The molecule has 1 aliphatic heterocycles. The number of nitrogens with zero attached hydrogens (tertiary/aromatic N) is 1. The summed E-state index contributed by atoms with van der Waals surface area (Å²) in [6, 6.07) is 5.25. The van der Waals surface area contributed by atoms with Gasteiger partial charge in [-0.3, -0.25) is 14.3 Å². The Bertz CT molecular complexity index is 737. The molecule has 8 heteroatoms. The molecule has 3 rings (SSSR count). The van der Waals surface area contributed by atoms with E-state index < -0.39 is 29.7 Å². The lowest BCUT2D eigenvalue weighted by atomic mass is 10.2. The molecular formula is C15H18N2O5S. The summed E-state index contributed by atoms with van der Waals surface area (Å²) in [5.41, 5.74) is -1.08. The molecule has 0 aromatic carbocycles. The van der Waals surface area contributed by atoms with E-state index in [1.807, 2.05) is 23.6 Å². The molecule has 1 fully saturated rings. The first kappa shape index (κ1) is 17.4. The van der Waals surface area contributed by atoms with E-state index in [-0.39, 0.29) is 13.0 Å². The van der Waals surface area contributed by atoms with Gasteiger partial charge in [0, 0.05) is 23.6 Å². The molecule has 3 atom stereocenters. The molecule has 0 spiro atoms. The molecule has 0 amide bonds. The average Bonchev–Trinajstić information content (AvgIpc) is 3.17. The number of aromatic nitrogens is 2. The fourth-order valence-corrected chi connectivity index (χ4v) is 2.68. The van der Waals surface area contributed by atoms with Gasteiger partial charge in [-0.2, -0.15) is 0 Å². The first-order valence-corrected chi connectivity index (χ1v) is 7.85. The molecule has 1 aliphatic rings. The molecule has 1 saturated heterocycles. The SMILES string of the molecule is C=Cc1cccs1.O=c1ccn([C@H]2C[C@H](O)[C@@H](CO)O2)c(=O)[nH]1. The van der Waals surface area contributed by atoms with Gasteiger partial charge in [-0.1, -0.05) is 18.7 Å². The summed E-state index contributed by atoms with van der Waals surface area (Å²) in [5, 5.41) is 20.4. The Morgan fingerprint density at radius 3 is 2.74 bits per heavy atom. The zero-order valence-corrected chi connectivity index (χ0v) is 13.1. The monoisotopic (exact) mass is 338 g/mol. The van der Waals surface area contributed by atoms with Crippen LogP contribution >= 0.6 is 11.3 Å². The highest BCUT2D eigenvalue weighted by atomic mass is 32.1. The van der Waals surface area contributed by atoms with Crippen LogP contribution in [0.25, 0.3) is 6.08 Å². The van der Waals surface area contributed by atoms with E-state index in [4.69, 9.17) is 9.84 Å². The van der Waals surface area contributed by atoms with Crippen molar-refractivity contribution < 1.29 is 14.9 Å². The van der Waals surface area contributed by atoms with Crippen molar-refractivity contribution in [1.29, 1.82) is 0 Å². The fraction of sp³-hybridized carbons (Fsp3) is 0.333. The maximum absolute atomic E-state index is 11.4. The van der Waals surface area contributed by atoms with Crippen molar-refractivity contribution in [2.24, 2.45) is 0 Å². The van der Waals surface area contributed by atoms with E-state index in [9.17, 15) is 14.7 Å². The minimum Gasteiger partial charge on any atom is -0.394 e. The van der Waals surface area contributed by atoms with Gasteiger partial charge in [0.05, 0.1) is 12.7 Å². The second-order valence-corrected chi connectivity index (χ2v) is 5.83. The predicted octanol–water partition coefficient (Wildman–Crippen LogP) is 0.568. The van der Waals surface area contributed by atoms with Crippen LogP contribution in [0.3, 0.4) is 0 Å². The lowest BCUT2D eigenvalue weighted by molar-refractivity contribution is -0.0459. The molecule has 3 N–H and O–H groups in total. The second kappa shape index (κ2) is 8.02. The summed E-state index contributed by atoms with van der Waals surface area (Å²) in [7, 11) is 0. The smallest absolute Gasteiger partial charge is 0.330 e. The largest absolute Gasteiger partial charge is 0.394 e. The number of aliphatic hydroxyl groups excluding tert-OH is 2. The van der Waals surface area contributed by atoms with Crippen LogP contribution in [0.5, 0.6) is 0 Å². The molecule has 3 heterocycles. The Balaban J connectivity index is 0.000000229. The van der Waals surface area contributed by atoms with Gasteiger partial charge < -0.3 is 14.9 Å². The predicted molar refractivity (Wildman–Crippen MR) is 87.4 cm³/mol. The highest BCUT2D eigenvalue weighted by molar-refractivity contribution is 7.10. The lowest BCUT2D eigenvalue weighted by Crippen LogP contribution is -2.31. The van der Waals surface area contributed by atoms with Crippen LogP contribution in [0.2, 0.25) is 0 Å². The van der Waals surface area contributed by atoms with Crippen molar-refractivity contribution in [3.8, 4) is 0 Å². The number of H-pyrrole nitrogens is 1. The summed E-state index contributed by atoms with van der Waals surface area (Å²) in [6.07, 6.45) is 1.20. The molecule has 0 aliphatic carbocycles. The van der Waals surface area contributed by atoms with E-state index in [0.29, 0.717) is 0 Å². The molecule has 0 unspecified atom stereocenters. The van der Waals surface area contributed by atoms with Gasteiger partial charge in [0.25, 0.3) is 5.56 Å². The van der Waals surface area contributed by atoms with Crippen molar-refractivity contribution in [3.05, 3.63) is 62.1 Å². The number of ether oxygens (including phenoxy) is 1. The van der Waals surface area contributed by atoms with E-state index in [1.54, 1.807) is 11.3 Å². The van der Waals surface area contributed by atoms with Crippen molar-refractivity contribution >= 4 is 17.4 Å². The Morgan fingerprint density at radius 1 is 1.48 bits per heavy atom. The van der Waals surface area contributed by atoms with E-state index in [2.05, 4.69) is 11.6 Å². The van der Waals surface area contributed by atoms with Gasteiger partial charge in [0.1, 0.15) is 12.3 Å². The Labute approximate surface area is 136 Å². The quantitative estimate of drug-likeness (QED) is 0.759. The first-order valence-electron chi connectivity index (χ1n) is 6.97. The van der Waals surface area contributed by atoms with Crippen LogP contribution in [-0.4, -0.2) is 38.6 Å². The third-order valence-corrected chi connectivity index (χ3v) is 4.16. The summed E-state index contributed by atoms with van der Waals surface area (Å²) >= 11 is 1.70. The number of aliphatic hydroxyl groups is 2. The lowest BCUT2D eigenvalue weighted by Gasteiger charge is -2.13. The molecule has 124 valence electrons. The van der Waals surface area contributed by atoms with Crippen LogP contribution in [0.15, 0.2) is 45.9 Å². The number of hydrogen-bond donors (Lipinski definition) is 3. The molecular weight excluding hydrogens is 320 g/mol. The maximum atomic E-state index is 11.4. The summed E-state index contributed by atoms with van der Waals surface area (Å²) in [5.74, 6) is 0. The Kier molecular flexibility index (Phi) is 6.05. The van der Waals surface area contributed by atoms with Crippen molar-refractivity contribution in [1.82, 2.24) is 9.55 Å². The number of nitrogens with one attached hydrogen (secondary N) is 1. The van der Waals surface area contributed by atoms with E-state index in [1.165, 1.54) is 21.7 Å². The van der Waals surface area contributed by atoms with E-state index >= 15 is 0 Å². The number of hydrogen-bond acceptors (Lipinski definition) is 6. The van der Waals surface area contributed by atoms with Gasteiger partial charge in [-0.15, -0.1) is 11.3 Å². The van der Waals surface area contributed by atoms with Crippen molar-refractivity contribution in [2.45, 2.75) is 24.9 Å². The first-order chi connectivity index (χ1) is 11.0. The summed E-state index contributed by atoms with van der Waals surface area (Å²) in [4.78, 5) is 25.6. The molecule has 0 radical (unpaired) electrons. The summed E-state index contributed by atoms with van der Waals surface area (Å²) < 4.78 is 6.45. The van der Waals surface area contributed by atoms with Gasteiger partial charge >= 0.3 is 5.69 Å². The Morgan fingerprint density at radius 2 is 2.26 bits per heavy atom. The van der Waals surface area contributed by atoms with Crippen molar-refractivity contribution in [2.75, 3.05) is 6.61 Å². The average molecular weight is 338 g/mol. The standard InChI is InChI=1S/C9H12N2O5.C6H6S/c12-4-6-5(13)3-8(16-6)11-2-1-7(14)10-9(11)15;1-2-6-4-3-5-7-6/h1-2,5-6,8,12-13H,3-4H2,(H,10,14,15);2-5H,1H2/t5-,6+,8+;/m0./s1. The van der Waals surface area contributed by atoms with Crippen molar-refractivity contribution in [3.63, 3.8) is 0 Å². The minimum atomic E-state index is -0.811. The third-order valence-electron chi connectivity index (χ3n) is 3.29. The van der Waals surface area contributed by atoms with Crippen LogP contribution in [0.1, 0.15) is 17.5 Å². The van der Waals surface area contributed by atoms with Crippen LogP contribution in [0.4, 0.5) is 0 Å². The van der Waals surface area contributed by atoms with Crippen LogP contribution in [0, 0.1) is 0 Å². The number of aromatic amines is 1. The normalized spacial score (nSPS) is 23.1. The number of thiophene rings is 1. The fourth-order valence-electron chi connectivity index (χ4n) is 2.11. The molecule has 23 heavy (non-hydrogen) atoms. The second-order valence-electron chi connectivity index (χ2n) is 4.85. The molecule has 0 saturated carbocycles. The molecule has 0 bridgehead atoms. The maximum Gasteiger partial charge on any atom is 0.330 e. The topological polar surface area (TPSA) is 105 Å². The highest BCUT2D eigenvalue weighted by Crippen LogP contribution is 2.26. The highest BCUT2D eigenvalue weighted by Gasteiger charge is 2.34. The van der Waals surface area contributed by atoms with Crippen LogP contribution in [-0.2, 0) is 4.74 Å². The van der Waals surface area contributed by atoms with Crippen LogP contribution < -0.4 is 11.2 Å². The molecule has 7 nitrogen and oxygen atoms in total. The zero-order chi connectivity index (χ0) is 16.8. The minimum absolute atomic E-state index is 0.206. The third kappa shape index (κ3) is 4.49. The number of rotatable bonds is 3. The van der Waals surface area contributed by atoms with Gasteiger partial charge in [-0.05, 0) is 11.4 Å². The Hall–Kier alpha value is -2.00. The summed E-state index contributed by atoms with van der Waals surface area (Å²) in [6.45, 7) is 3.30.